The van der Waals surface area contributed by atoms with Crippen LogP contribution in [0.15, 0.2) is 36.5 Å². The molecule has 0 bridgehead atoms. The molecule has 2 N–H and O–H groups in total. The summed E-state index contributed by atoms with van der Waals surface area (Å²) in [5.74, 6) is -0.375. The minimum Gasteiger partial charge on any atom is -0.461 e. The van der Waals surface area contributed by atoms with Crippen molar-refractivity contribution in [3.05, 3.63) is 47.7 Å². The van der Waals surface area contributed by atoms with Crippen LogP contribution < -0.4 is 15.4 Å². The molecule has 1 atom stereocenters. The zero-order valence-electron chi connectivity index (χ0n) is 15.9. The fraction of sp³-hybridized carbons (Fsp3) is 0.350. The van der Waals surface area contributed by atoms with Crippen LogP contribution in [0.1, 0.15) is 25.0 Å². The molecule has 0 fully saturated rings. The Morgan fingerprint density at radius 3 is 2.62 bits per heavy atom. The molecule has 154 valence electrons. The van der Waals surface area contributed by atoms with Crippen LogP contribution in [0.3, 0.4) is 0 Å². The van der Waals surface area contributed by atoms with Crippen LogP contribution in [0.25, 0.3) is 11.1 Å². The smallest absolute Gasteiger partial charge is 0.416 e. The molecule has 3 rings (SSSR count). The number of aromatic nitrogens is 1. The van der Waals surface area contributed by atoms with Gasteiger partial charge in [-0.2, -0.15) is 13.2 Å². The zero-order chi connectivity index (χ0) is 21.2. The third kappa shape index (κ3) is 4.49. The molecule has 0 aliphatic carbocycles. The Labute approximate surface area is 165 Å². The van der Waals surface area contributed by atoms with Gasteiger partial charge in [0.2, 0.25) is 11.8 Å². The van der Waals surface area contributed by atoms with Crippen molar-refractivity contribution in [1.82, 2.24) is 15.6 Å². The van der Waals surface area contributed by atoms with Crippen LogP contribution in [0.5, 0.6) is 5.88 Å². The highest BCUT2D eigenvalue weighted by molar-refractivity contribution is 5.87. The summed E-state index contributed by atoms with van der Waals surface area (Å²) in [6.07, 6.45) is -2.85. The van der Waals surface area contributed by atoms with Crippen molar-refractivity contribution in [2.45, 2.75) is 32.0 Å². The Kier molecular flexibility index (Phi) is 5.50. The summed E-state index contributed by atoms with van der Waals surface area (Å²) in [5, 5.41) is 5.26. The lowest BCUT2D eigenvalue weighted by Crippen LogP contribution is -2.49. The number of nitrogens with one attached hydrogen (secondary N) is 2. The Morgan fingerprint density at radius 1 is 1.21 bits per heavy atom. The average molecular weight is 407 g/mol. The first-order chi connectivity index (χ1) is 13.6. The van der Waals surface area contributed by atoms with E-state index >= 15 is 0 Å². The van der Waals surface area contributed by atoms with Gasteiger partial charge in [-0.05, 0) is 36.2 Å². The van der Waals surface area contributed by atoms with Crippen molar-refractivity contribution >= 4 is 11.8 Å². The van der Waals surface area contributed by atoms with Gasteiger partial charge < -0.3 is 15.4 Å². The number of fused-ring (bicyclic) bond motifs is 1. The largest absolute Gasteiger partial charge is 0.461 e. The summed E-state index contributed by atoms with van der Waals surface area (Å²) < 4.78 is 45.0. The lowest BCUT2D eigenvalue weighted by atomic mass is 9.92. The number of pyridine rings is 1. The summed E-state index contributed by atoms with van der Waals surface area (Å²) in [7, 11) is 0. The van der Waals surface area contributed by atoms with Gasteiger partial charge >= 0.3 is 6.18 Å². The molecular formula is C20H20F3N3O3. The molecule has 0 spiro atoms. The Bertz CT molecular complexity index is 946. The van der Waals surface area contributed by atoms with Crippen LogP contribution in [0, 0.1) is 0 Å². The number of carbonyl (C=O) groups excluding carboxylic acids is 2. The van der Waals surface area contributed by atoms with Crippen molar-refractivity contribution in [2.75, 3.05) is 13.1 Å². The van der Waals surface area contributed by atoms with Gasteiger partial charge in [-0.25, -0.2) is 4.98 Å². The lowest BCUT2D eigenvalue weighted by Gasteiger charge is -2.22. The SMILES string of the molecule is CC(=O)NCCNC(=O)C1(C)Cc2c(-c3cccc(C(F)(F)F)c3)ccnc2O1. The molecule has 9 heteroatoms. The predicted octanol–water partition coefficient (Wildman–Crippen LogP) is 2.71. The first-order valence-electron chi connectivity index (χ1n) is 8.97. The van der Waals surface area contributed by atoms with Crippen LogP contribution in [-0.2, 0) is 22.2 Å². The minimum absolute atomic E-state index is 0.160. The van der Waals surface area contributed by atoms with E-state index in [1.54, 1.807) is 19.1 Å². The van der Waals surface area contributed by atoms with Crippen molar-refractivity contribution in [1.29, 1.82) is 0 Å². The standard InChI is InChI=1S/C20H20F3N3O3/c1-12(27)24-8-9-26-18(28)19(2)11-16-15(6-7-25-17(16)29-19)13-4-3-5-14(10-13)20(21,22)23/h3-7,10H,8-9,11H2,1-2H3,(H,24,27)(H,26,28). The average Bonchev–Trinajstić information content (AvgIpc) is 3.02. The summed E-state index contributed by atoms with van der Waals surface area (Å²) in [6, 6.07) is 6.60. The van der Waals surface area contributed by atoms with Crippen molar-refractivity contribution in [2.24, 2.45) is 0 Å². The molecule has 0 saturated carbocycles. The monoisotopic (exact) mass is 407 g/mol. The van der Waals surface area contributed by atoms with Gasteiger partial charge in [0.05, 0.1) is 5.56 Å². The molecule has 29 heavy (non-hydrogen) atoms. The quantitative estimate of drug-likeness (QED) is 0.747. The van der Waals surface area contributed by atoms with Crippen molar-refractivity contribution in [3.8, 4) is 17.0 Å². The van der Waals surface area contributed by atoms with Crippen molar-refractivity contribution < 1.29 is 27.5 Å². The number of nitrogens with zero attached hydrogens (tertiary/aromatic N) is 1. The fourth-order valence-electron chi connectivity index (χ4n) is 3.18. The molecule has 2 amide bonds. The van der Waals surface area contributed by atoms with E-state index in [0.29, 0.717) is 16.7 Å². The summed E-state index contributed by atoms with van der Waals surface area (Å²) >= 11 is 0. The maximum absolute atomic E-state index is 13.1. The fourth-order valence-corrected chi connectivity index (χ4v) is 3.18. The molecule has 2 heterocycles. The van der Waals surface area contributed by atoms with E-state index in [2.05, 4.69) is 15.6 Å². The first-order valence-corrected chi connectivity index (χ1v) is 8.97. The topological polar surface area (TPSA) is 80.3 Å². The number of benzene rings is 1. The normalized spacial score (nSPS) is 18.0. The molecule has 2 aromatic rings. The second kappa shape index (κ2) is 7.73. The summed E-state index contributed by atoms with van der Waals surface area (Å²) in [5.41, 5.74) is -0.513. The van der Waals surface area contributed by atoms with E-state index in [4.69, 9.17) is 4.74 Å². The van der Waals surface area contributed by atoms with Crippen molar-refractivity contribution in [3.63, 3.8) is 0 Å². The van der Waals surface area contributed by atoms with Crippen LogP contribution in [-0.4, -0.2) is 35.5 Å². The van der Waals surface area contributed by atoms with E-state index in [1.165, 1.54) is 19.2 Å². The number of alkyl halides is 3. The minimum atomic E-state index is -4.45. The number of ether oxygens (including phenoxy) is 1. The van der Waals surface area contributed by atoms with Gasteiger partial charge in [0, 0.05) is 38.2 Å². The van der Waals surface area contributed by atoms with E-state index < -0.39 is 23.2 Å². The number of hydrogen-bond donors (Lipinski definition) is 2. The molecule has 1 unspecified atom stereocenters. The first kappa shape index (κ1) is 20.6. The molecule has 1 aromatic carbocycles. The molecule has 1 aliphatic rings. The van der Waals surface area contributed by atoms with Crippen LogP contribution >= 0.6 is 0 Å². The van der Waals surface area contributed by atoms with Gasteiger partial charge in [0.25, 0.3) is 5.91 Å². The van der Waals surface area contributed by atoms with Gasteiger partial charge in [-0.1, -0.05) is 12.1 Å². The Morgan fingerprint density at radius 2 is 1.93 bits per heavy atom. The zero-order valence-corrected chi connectivity index (χ0v) is 15.9. The maximum atomic E-state index is 13.1. The second-order valence-electron chi connectivity index (χ2n) is 6.97. The molecule has 0 saturated heterocycles. The number of hydrogen-bond acceptors (Lipinski definition) is 4. The van der Waals surface area contributed by atoms with E-state index in [-0.39, 0.29) is 31.3 Å². The second-order valence-corrected chi connectivity index (χ2v) is 6.97. The molecular weight excluding hydrogens is 387 g/mol. The molecule has 6 nitrogen and oxygen atoms in total. The predicted molar refractivity (Wildman–Crippen MR) is 99.1 cm³/mol. The lowest BCUT2D eigenvalue weighted by molar-refractivity contribution is -0.137. The van der Waals surface area contributed by atoms with Crippen LogP contribution in [0.2, 0.25) is 0 Å². The number of amides is 2. The Balaban J connectivity index is 1.81. The van der Waals surface area contributed by atoms with Crippen LogP contribution in [0.4, 0.5) is 13.2 Å². The highest BCUT2D eigenvalue weighted by Gasteiger charge is 2.43. The number of carbonyl (C=O) groups is 2. The van der Waals surface area contributed by atoms with E-state index in [0.717, 1.165) is 12.1 Å². The number of rotatable bonds is 5. The van der Waals surface area contributed by atoms with E-state index in [9.17, 15) is 22.8 Å². The molecule has 1 aromatic heterocycles. The van der Waals surface area contributed by atoms with Gasteiger partial charge in [0.15, 0.2) is 5.60 Å². The third-order valence-electron chi connectivity index (χ3n) is 4.62. The number of halogens is 3. The molecule has 0 radical (unpaired) electrons. The van der Waals surface area contributed by atoms with Gasteiger partial charge in [-0.15, -0.1) is 0 Å². The van der Waals surface area contributed by atoms with Gasteiger partial charge in [0.1, 0.15) is 0 Å². The third-order valence-corrected chi connectivity index (χ3v) is 4.62. The highest BCUT2D eigenvalue weighted by atomic mass is 19.4. The molecule has 1 aliphatic heterocycles. The van der Waals surface area contributed by atoms with E-state index in [1.807, 2.05) is 0 Å². The Hall–Kier alpha value is -3.10. The summed E-state index contributed by atoms with van der Waals surface area (Å²) in [4.78, 5) is 27.6. The highest BCUT2D eigenvalue weighted by Crippen LogP contribution is 2.40. The van der Waals surface area contributed by atoms with Gasteiger partial charge in [-0.3, -0.25) is 9.59 Å². The maximum Gasteiger partial charge on any atom is 0.416 e. The summed E-state index contributed by atoms with van der Waals surface area (Å²) in [6.45, 7) is 3.47.